The molecule has 0 atom stereocenters. The number of rotatable bonds is 13. The second-order valence-electron chi connectivity index (χ2n) is 8.04. The Morgan fingerprint density at radius 1 is 0.781 bits per heavy atom. The van der Waals surface area contributed by atoms with Crippen molar-refractivity contribution in [2.75, 3.05) is 19.8 Å². The highest BCUT2D eigenvalue weighted by atomic mass is 16.5. The van der Waals surface area contributed by atoms with Crippen LogP contribution in [0.3, 0.4) is 0 Å². The van der Waals surface area contributed by atoms with Crippen molar-refractivity contribution in [2.24, 2.45) is 0 Å². The Balaban J connectivity index is 1.94. The van der Waals surface area contributed by atoms with Crippen LogP contribution >= 0.6 is 0 Å². The van der Waals surface area contributed by atoms with Crippen molar-refractivity contribution in [3.63, 3.8) is 0 Å². The summed E-state index contributed by atoms with van der Waals surface area (Å²) in [6.07, 6.45) is 1.11. The molecule has 0 radical (unpaired) electrons. The van der Waals surface area contributed by atoms with Crippen molar-refractivity contribution in [3.8, 4) is 23.0 Å². The molecule has 0 aromatic heterocycles. The molecule has 1 amide bonds. The van der Waals surface area contributed by atoms with Gasteiger partial charge in [-0.1, -0.05) is 12.1 Å². The maximum absolute atomic E-state index is 12.4. The van der Waals surface area contributed by atoms with Gasteiger partial charge in [0.25, 0.3) is 0 Å². The Hall–Kier alpha value is -2.89. The van der Waals surface area contributed by atoms with E-state index in [2.05, 4.69) is 5.32 Å². The number of hydrogen-bond donors (Lipinski definition) is 1. The van der Waals surface area contributed by atoms with E-state index in [1.807, 2.05) is 77.9 Å². The van der Waals surface area contributed by atoms with Crippen LogP contribution in [0.5, 0.6) is 23.0 Å². The van der Waals surface area contributed by atoms with Crippen LogP contribution in [0.2, 0.25) is 0 Å². The van der Waals surface area contributed by atoms with E-state index in [1.165, 1.54) is 0 Å². The zero-order chi connectivity index (χ0) is 23.5. The average molecular weight is 444 g/mol. The average Bonchev–Trinajstić information content (AvgIpc) is 2.71. The topological polar surface area (TPSA) is 66.0 Å². The van der Waals surface area contributed by atoms with Gasteiger partial charge < -0.3 is 24.3 Å². The van der Waals surface area contributed by atoms with Gasteiger partial charge in [-0.15, -0.1) is 0 Å². The van der Waals surface area contributed by atoms with E-state index in [1.54, 1.807) is 0 Å². The summed E-state index contributed by atoms with van der Waals surface area (Å²) in [4.78, 5) is 12.4. The molecule has 2 aromatic rings. The molecule has 0 saturated heterocycles. The maximum Gasteiger partial charge on any atom is 0.224 e. The molecular formula is C26H37NO5. The van der Waals surface area contributed by atoms with Crippen molar-refractivity contribution in [1.82, 2.24) is 5.32 Å². The molecule has 0 saturated carbocycles. The Bertz CT molecular complexity index is 863. The number of benzene rings is 2. The molecule has 0 aliphatic carbocycles. The van der Waals surface area contributed by atoms with Crippen LogP contribution in [-0.4, -0.2) is 37.9 Å². The summed E-state index contributed by atoms with van der Waals surface area (Å²) in [5.74, 6) is 2.80. The van der Waals surface area contributed by atoms with Gasteiger partial charge in [0, 0.05) is 6.54 Å². The van der Waals surface area contributed by atoms with Crippen molar-refractivity contribution >= 4 is 5.91 Å². The molecule has 0 aliphatic rings. The van der Waals surface area contributed by atoms with Crippen LogP contribution in [0.4, 0.5) is 0 Å². The van der Waals surface area contributed by atoms with Gasteiger partial charge in [-0.25, -0.2) is 0 Å². The minimum atomic E-state index is -0.0324. The first-order valence-electron chi connectivity index (χ1n) is 11.4. The van der Waals surface area contributed by atoms with Crippen molar-refractivity contribution < 1.29 is 23.7 Å². The first-order chi connectivity index (χ1) is 15.3. The van der Waals surface area contributed by atoms with Crippen LogP contribution in [0.25, 0.3) is 0 Å². The predicted molar refractivity (Wildman–Crippen MR) is 127 cm³/mol. The van der Waals surface area contributed by atoms with Gasteiger partial charge in [0.15, 0.2) is 23.0 Å². The Morgan fingerprint density at radius 3 is 2.00 bits per heavy atom. The van der Waals surface area contributed by atoms with Gasteiger partial charge in [-0.2, -0.15) is 0 Å². The summed E-state index contributed by atoms with van der Waals surface area (Å²) in [5, 5.41) is 2.99. The van der Waals surface area contributed by atoms with Gasteiger partial charge in [0.1, 0.15) is 0 Å². The molecule has 6 heteroatoms. The number of carbonyl (C=O) groups excluding carboxylic acids is 1. The van der Waals surface area contributed by atoms with Crippen molar-refractivity contribution in [2.45, 2.75) is 66.6 Å². The standard InChI is InChI=1S/C26H37NO5/c1-7-29-22-11-10-21(16-24(22)30-8-2)17-26(28)27-14-13-20-9-12-23(31-18(3)4)25(15-20)32-19(5)6/h9-12,15-16,18-19H,7-8,13-14,17H2,1-6H3,(H,27,28). The maximum atomic E-state index is 12.4. The highest BCUT2D eigenvalue weighted by Gasteiger charge is 2.12. The van der Waals surface area contributed by atoms with Crippen LogP contribution in [0, 0.1) is 0 Å². The lowest BCUT2D eigenvalue weighted by Gasteiger charge is -2.18. The monoisotopic (exact) mass is 443 g/mol. The van der Waals surface area contributed by atoms with Gasteiger partial charge in [0.05, 0.1) is 31.8 Å². The molecule has 176 valence electrons. The van der Waals surface area contributed by atoms with Gasteiger partial charge >= 0.3 is 0 Å². The number of amides is 1. The predicted octanol–water partition coefficient (Wildman–Crippen LogP) is 4.96. The summed E-state index contributed by atoms with van der Waals surface area (Å²) < 4.78 is 23.0. The number of carbonyl (C=O) groups is 1. The molecule has 6 nitrogen and oxygen atoms in total. The molecule has 0 aliphatic heterocycles. The van der Waals surface area contributed by atoms with E-state index in [4.69, 9.17) is 18.9 Å². The van der Waals surface area contributed by atoms with Gasteiger partial charge in [-0.3, -0.25) is 4.79 Å². The fourth-order valence-corrected chi connectivity index (χ4v) is 3.20. The number of ether oxygens (including phenoxy) is 4. The minimum absolute atomic E-state index is 0.0324. The van der Waals surface area contributed by atoms with Crippen LogP contribution in [-0.2, 0) is 17.6 Å². The molecule has 2 aromatic carbocycles. The number of nitrogens with one attached hydrogen (secondary N) is 1. The smallest absolute Gasteiger partial charge is 0.224 e. The van der Waals surface area contributed by atoms with Crippen LogP contribution in [0.15, 0.2) is 36.4 Å². The van der Waals surface area contributed by atoms with Gasteiger partial charge in [0.2, 0.25) is 5.91 Å². The minimum Gasteiger partial charge on any atom is -0.490 e. The molecule has 0 unspecified atom stereocenters. The quantitative estimate of drug-likeness (QED) is 0.474. The van der Waals surface area contributed by atoms with Gasteiger partial charge in [-0.05, 0) is 83.4 Å². The largest absolute Gasteiger partial charge is 0.490 e. The second-order valence-corrected chi connectivity index (χ2v) is 8.04. The van der Waals surface area contributed by atoms with Crippen LogP contribution in [0.1, 0.15) is 52.7 Å². The first kappa shape index (κ1) is 25.4. The van der Waals surface area contributed by atoms with E-state index < -0.39 is 0 Å². The Kier molecular flexibility index (Phi) is 10.2. The normalized spacial score (nSPS) is 10.9. The molecule has 0 bridgehead atoms. The lowest BCUT2D eigenvalue weighted by Crippen LogP contribution is -2.27. The first-order valence-corrected chi connectivity index (χ1v) is 11.4. The Morgan fingerprint density at radius 2 is 1.34 bits per heavy atom. The molecule has 32 heavy (non-hydrogen) atoms. The fourth-order valence-electron chi connectivity index (χ4n) is 3.20. The lowest BCUT2D eigenvalue weighted by atomic mass is 10.1. The fraction of sp³-hybridized carbons (Fsp3) is 0.500. The van der Waals surface area contributed by atoms with E-state index >= 15 is 0 Å². The zero-order valence-electron chi connectivity index (χ0n) is 20.2. The highest BCUT2D eigenvalue weighted by molar-refractivity contribution is 5.78. The summed E-state index contributed by atoms with van der Waals surface area (Å²) in [6.45, 7) is 13.5. The third-order valence-electron chi connectivity index (χ3n) is 4.44. The van der Waals surface area contributed by atoms with E-state index in [0.717, 1.165) is 22.6 Å². The van der Waals surface area contributed by atoms with Crippen LogP contribution < -0.4 is 24.3 Å². The molecule has 2 rings (SSSR count). The Labute approximate surface area is 192 Å². The molecule has 0 spiro atoms. The molecular weight excluding hydrogens is 406 g/mol. The van der Waals surface area contributed by atoms with E-state index in [9.17, 15) is 4.79 Å². The highest BCUT2D eigenvalue weighted by Crippen LogP contribution is 2.31. The SMILES string of the molecule is CCOc1ccc(CC(=O)NCCc2ccc(OC(C)C)c(OC(C)C)c2)cc1OCC. The second kappa shape index (κ2) is 12.8. The summed E-state index contributed by atoms with van der Waals surface area (Å²) >= 11 is 0. The summed E-state index contributed by atoms with van der Waals surface area (Å²) in [7, 11) is 0. The molecule has 1 N–H and O–H groups in total. The molecule has 0 fully saturated rings. The van der Waals surface area contributed by atoms with E-state index in [0.29, 0.717) is 37.7 Å². The third-order valence-corrected chi connectivity index (χ3v) is 4.44. The number of hydrogen-bond acceptors (Lipinski definition) is 5. The van der Waals surface area contributed by atoms with E-state index in [-0.39, 0.29) is 24.5 Å². The summed E-state index contributed by atoms with van der Waals surface area (Å²) in [6, 6.07) is 11.6. The lowest BCUT2D eigenvalue weighted by molar-refractivity contribution is -0.120. The third kappa shape index (κ3) is 8.33. The van der Waals surface area contributed by atoms with Crippen molar-refractivity contribution in [3.05, 3.63) is 47.5 Å². The molecule has 0 heterocycles. The zero-order valence-corrected chi connectivity index (χ0v) is 20.2. The van der Waals surface area contributed by atoms with Crippen molar-refractivity contribution in [1.29, 1.82) is 0 Å². The summed E-state index contributed by atoms with van der Waals surface area (Å²) in [5.41, 5.74) is 1.97.